The highest BCUT2D eigenvalue weighted by molar-refractivity contribution is 5.27. The van der Waals surface area contributed by atoms with Gasteiger partial charge in [0, 0.05) is 0 Å². The predicted molar refractivity (Wildman–Crippen MR) is 88.1 cm³/mol. The first-order chi connectivity index (χ1) is 11.5. The fourth-order valence-electron chi connectivity index (χ4n) is 2.26. The summed E-state index contributed by atoms with van der Waals surface area (Å²) < 4.78 is 0. The summed E-state index contributed by atoms with van der Waals surface area (Å²) in [5.74, 6) is 0.192. The summed E-state index contributed by atoms with van der Waals surface area (Å²) in [6, 6.07) is 14.8. The maximum atomic E-state index is 10.3. The Morgan fingerprint density at radius 3 is 1.17 bits per heavy atom. The number of hydrogen-bond donors (Lipinski definition) is 2. The zero-order valence-electron chi connectivity index (χ0n) is 13.5. The lowest BCUT2D eigenvalue weighted by molar-refractivity contribution is 0.193. The Morgan fingerprint density at radius 1 is 0.583 bits per heavy atom. The molecule has 0 saturated heterocycles. The Morgan fingerprint density at radius 2 is 0.875 bits per heavy atom. The van der Waals surface area contributed by atoms with Crippen LogP contribution in [-0.4, -0.2) is 30.6 Å². The fraction of sp³-hybridized carbons (Fsp3) is 0.222. The third-order valence-electron chi connectivity index (χ3n) is 3.79. The van der Waals surface area contributed by atoms with Gasteiger partial charge in [-0.25, -0.2) is 0 Å². The molecule has 0 spiro atoms. The van der Waals surface area contributed by atoms with E-state index in [1.165, 1.54) is 0 Å². The average molecular weight is 322 g/mol. The van der Waals surface area contributed by atoms with Crippen LogP contribution >= 0.6 is 0 Å². The SMILES string of the molecule is Cc1ccc([C@H](O)c2nnc([C@@H](O)c3ccc(C)cc3)nn2)cc1. The minimum atomic E-state index is -1.00. The van der Waals surface area contributed by atoms with Crippen molar-refractivity contribution in [3.63, 3.8) is 0 Å². The van der Waals surface area contributed by atoms with Gasteiger partial charge in [0.15, 0.2) is 0 Å². The average Bonchev–Trinajstić information content (AvgIpc) is 2.62. The minimum Gasteiger partial charge on any atom is -0.380 e. The second kappa shape index (κ2) is 6.82. The van der Waals surface area contributed by atoms with Gasteiger partial charge in [-0.2, -0.15) is 0 Å². The number of aliphatic hydroxyl groups is 2. The van der Waals surface area contributed by atoms with Gasteiger partial charge in [-0.3, -0.25) is 0 Å². The highest BCUT2D eigenvalue weighted by atomic mass is 16.3. The Labute approximate surface area is 139 Å². The minimum absolute atomic E-state index is 0.0960. The van der Waals surface area contributed by atoms with Gasteiger partial charge in [0.25, 0.3) is 0 Å². The van der Waals surface area contributed by atoms with E-state index in [0.717, 1.165) is 11.1 Å². The van der Waals surface area contributed by atoms with Gasteiger partial charge in [0.1, 0.15) is 12.2 Å². The van der Waals surface area contributed by atoms with Crippen molar-refractivity contribution in [1.82, 2.24) is 20.4 Å². The first-order valence-corrected chi connectivity index (χ1v) is 7.61. The molecule has 2 N–H and O–H groups in total. The summed E-state index contributed by atoms with van der Waals surface area (Å²) in [5, 5.41) is 36.2. The molecule has 0 aliphatic carbocycles. The Bertz CT molecular complexity index is 731. The molecule has 0 aliphatic heterocycles. The molecule has 122 valence electrons. The van der Waals surface area contributed by atoms with E-state index in [-0.39, 0.29) is 11.6 Å². The third-order valence-corrected chi connectivity index (χ3v) is 3.79. The molecule has 3 aromatic rings. The van der Waals surface area contributed by atoms with Crippen molar-refractivity contribution in [2.24, 2.45) is 0 Å². The summed E-state index contributed by atoms with van der Waals surface area (Å²) in [6.07, 6.45) is -2.01. The molecule has 1 aromatic heterocycles. The second-order valence-electron chi connectivity index (χ2n) is 5.74. The number of benzene rings is 2. The van der Waals surface area contributed by atoms with E-state index in [2.05, 4.69) is 20.4 Å². The second-order valence-corrected chi connectivity index (χ2v) is 5.74. The molecule has 0 unspecified atom stereocenters. The lowest BCUT2D eigenvalue weighted by atomic mass is 10.1. The van der Waals surface area contributed by atoms with Gasteiger partial charge in [-0.05, 0) is 25.0 Å². The molecule has 24 heavy (non-hydrogen) atoms. The number of nitrogens with zero attached hydrogens (tertiary/aromatic N) is 4. The van der Waals surface area contributed by atoms with Crippen LogP contribution in [0.2, 0.25) is 0 Å². The van der Waals surface area contributed by atoms with Crippen LogP contribution in [0.1, 0.15) is 46.1 Å². The topological polar surface area (TPSA) is 92.0 Å². The molecule has 3 rings (SSSR count). The van der Waals surface area contributed by atoms with Gasteiger partial charge in [0.05, 0.1) is 0 Å². The molecule has 6 nitrogen and oxygen atoms in total. The molecule has 0 bridgehead atoms. The zero-order chi connectivity index (χ0) is 17.1. The van der Waals surface area contributed by atoms with Gasteiger partial charge < -0.3 is 10.2 Å². The molecule has 0 radical (unpaired) electrons. The van der Waals surface area contributed by atoms with E-state index in [9.17, 15) is 10.2 Å². The van der Waals surface area contributed by atoms with Crippen molar-refractivity contribution >= 4 is 0 Å². The standard InChI is InChI=1S/C18H18N4O2/c1-11-3-7-13(8-4-11)15(23)17-19-21-18(22-20-17)16(24)14-9-5-12(2)6-10-14/h3-10,15-16,23-24H,1-2H3/t15-,16-/m0/s1. The number of rotatable bonds is 4. The van der Waals surface area contributed by atoms with Crippen LogP contribution in [0.25, 0.3) is 0 Å². The Hall–Kier alpha value is -2.70. The normalized spacial score (nSPS) is 13.5. The number of aliphatic hydroxyl groups excluding tert-OH is 2. The summed E-state index contributed by atoms with van der Waals surface area (Å²) in [5.41, 5.74) is 3.52. The van der Waals surface area contributed by atoms with Crippen molar-refractivity contribution in [3.05, 3.63) is 82.4 Å². The van der Waals surface area contributed by atoms with Crippen molar-refractivity contribution in [3.8, 4) is 0 Å². The molecule has 0 amide bonds. The van der Waals surface area contributed by atoms with E-state index in [1.807, 2.05) is 38.1 Å². The van der Waals surface area contributed by atoms with Crippen LogP contribution in [-0.2, 0) is 0 Å². The van der Waals surface area contributed by atoms with E-state index >= 15 is 0 Å². The summed E-state index contributed by atoms with van der Waals surface area (Å²) in [6.45, 7) is 3.94. The van der Waals surface area contributed by atoms with Gasteiger partial charge in [-0.15, -0.1) is 20.4 Å². The number of aryl methyl sites for hydroxylation is 2. The fourth-order valence-corrected chi connectivity index (χ4v) is 2.26. The van der Waals surface area contributed by atoms with Gasteiger partial charge in [0.2, 0.25) is 11.6 Å². The van der Waals surface area contributed by atoms with Crippen LogP contribution in [0.15, 0.2) is 48.5 Å². The van der Waals surface area contributed by atoms with Crippen LogP contribution < -0.4 is 0 Å². The lowest BCUT2D eigenvalue weighted by Gasteiger charge is -2.11. The van der Waals surface area contributed by atoms with Gasteiger partial charge in [-0.1, -0.05) is 59.7 Å². The molecule has 0 fully saturated rings. The molecule has 0 saturated carbocycles. The van der Waals surface area contributed by atoms with Crippen molar-refractivity contribution in [1.29, 1.82) is 0 Å². The first-order valence-electron chi connectivity index (χ1n) is 7.61. The zero-order valence-corrected chi connectivity index (χ0v) is 13.5. The molecule has 0 aliphatic rings. The lowest BCUT2D eigenvalue weighted by Crippen LogP contribution is -2.13. The molecule has 6 heteroatoms. The van der Waals surface area contributed by atoms with Gasteiger partial charge >= 0.3 is 0 Å². The molecule has 2 aromatic carbocycles. The van der Waals surface area contributed by atoms with E-state index < -0.39 is 12.2 Å². The smallest absolute Gasteiger partial charge is 0.206 e. The highest BCUT2D eigenvalue weighted by Gasteiger charge is 2.18. The first kappa shape index (κ1) is 16.2. The summed E-state index contributed by atoms with van der Waals surface area (Å²) >= 11 is 0. The van der Waals surface area contributed by atoms with Crippen LogP contribution in [0.4, 0.5) is 0 Å². The van der Waals surface area contributed by atoms with Crippen molar-refractivity contribution in [2.45, 2.75) is 26.1 Å². The van der Waals surface area contributed by atoms with Crippen LogP contribution in [0, 0.1) is 13.8 Å². The van der Waals surface area contributed by atoms with E-state index in [0.29, 0.717) is 11.1 Å². The maximum Gasteiger partial charge on any atom is 0.206 e. The molecule has 2 atom stereocenters. The summed E-state index contributed by atoms with van der Waals surface area (Å²) in [4.78, 5) is 0. The monoisotopic (exact) mass is 322 g/mol. The van der Waals surface area contributed by atoms with E-state index in [1.54, 1.807) is 24.3 Å². The quantitative estimate of drug-likeness (QED) is 0.764. The maximum absolute atomic E-state index is 10.3. The van der Waals surface area contributed by atoms with Crippen molar-refractivity contribution in [2.75, 3.05) is 0 Å². The van der Waals surface area contributed by atoms with Crippen molar-refractivity contribution < 1.29 is 10.2 Å². The Kier molecular flexibility index (Phi) is 4.59. The van der Waals surface area contributed by atoms with E-state index in [4.69, 9.17) is 0 Å². The van der Waals surface area contributed by atoms with Crippen LogP contribution in [0.5, 0.6) is 0 Å². The Balaban J connectivity index is 1.79. The number of aromatic nitrogens is 4. The largest absolute Gasteiger partial charge is 0.380 e. The number of hydrogen-bond acceptors (Lipinski definition) is 6. The molecular weight excluding hydrogens is 304 g/mol. The predicted octanol–water partition coefficient (Wildman–Crippen LogP) is 2.05. The summed E-state index contributed by atoms with van der Waals surface area (Å²) in [7, 11) is 0. The molecular formula is C18H18N4O2. The molecule has 1 heterocycles. The highest BCUT2D eigenvalue weighted by Crippen LogP contribution is 2.20. The van der Waals surface area contributed by atoms with Crippen LogP contribution in [0.3, 0.4) is 0 Å². The third kappa shape index (κ3) is 3.45.